The third-order valence-electron chi connectivity index (χ3n) is 4.16. The molecule has 0 unspecified atom stereocenters. The van der Waals surface area contributed by atoms with E-state index in [0.29, 0.717) is 29.8 Å². The first kappa shape index (κ1) is 18.2. The fraction of sp³-hybridized carbons (Fsp3) is 0.412. The van der Waals surface area contributed by atoms with Crippen molar-refractivity contribution < 1.29 is 14.1 Å². The number of hydrogen-bond donors (Lipinski definition) is 1. The van der Waals surface area contributed by atoms with Crippen LogP contribution in [-0.4, -0.2) is 46.1 Å². The van der Waals surface area contributed by atoms with Gasteiger partial charge in [0.2, 0.25) is 11.8 Å². The van der Waals surface area contributed by atoms with Gasteiger partial charge < -0.3 is 19.6 Å². The molecule has 3 rings (SSSR count). The fourth-order valence-corrected chi connectivity index (χ4v) is 2.96. The van der Waals surface area contributed by atoms with Gasteiger partial charge in [-0.3, -0.25) is 4.79 Å². The minimum absolute atomic E-state index is 0.0341. The zero-order chi connectivity index (χ0) is 18.7. The Morgan fingerprint density at radius 3 is 2.77 bits per heavy atom. The summed E-state index contributed by atoms with van der Waals surface area (Å²) in [6.07, 6.45) is 0.256. The number of hydrogen-bond acceptors (Lipinski definition) is 5. The Morgan fingerprint density at radius 1 is 1.42 bits per heavy atom. The van der Waals surface area contributed by atoms with E-state index in [4.69, 9.17) is 16.1 Å². The molecule has 1 aromatic carbocycles. The molecule has 1 fully saturated rings. The molecule has 2 heterocycles. The number of carbonyl (C=O) groups is 2. The molecule has 0 saturated carbocycles. The van der Waals surface area contributed by atoms with Crippen molar-refractivity contribution in [2.45, 2.75) is 32.9 Å². The first-order chi connectivity index (χ1) is 12.5. The van der Waals surface area contributed by atoms with Crippen LogP contribution < -0.4 is 10.2 Å². The third-order valence-corrected chi connectivity index (χ3v) is 4.41. The SMILES string of the molecule is CCN(Cc1nc(C)no1)C(=O)N[C@@H]1CC(=O)N(c2ccc(Cl)cc2)C1. The van der Waals surface area contributed by atoms with Gasteiger partial charge in [-0.1, -0.05) is 16.8 Å². The molecule has 26 heavy (non-hydrogen) atoms. The normalized spacial score (nSPS) is 16.8. The zero-order valence-electron chi connectivity index (χ0n) is 14.6. The molecule has 3 amide bonds. The van der Waals surface area contributed by atoms with Crippen molar-refractivity contribution >= 4 is 29.2 Å². The Labute approximate surface area is 156 Å². The average molecular weight is 378 g/mol. The number of aryl methyl sites for hydroxylation is 1. The predicted octanol–water partition coefficient (Wildman–Crippen LogP) is 2.37. The van der Waals surface area contributed by atoms with Gasteiger partial charge in [-0.2, -0.15) is 4.98 Å². The maximum Gasteiger partial charge on any atom is 0.318 e. The topological polar surface area (TPSA) is 91.6 Å². The Bertz CT molecular complexity index is 792. The Hall–Kier alpha value is -2.61. The number of halogens is 1. The predicted molar refractivity (Wildman–Crippen MR) is 95.9 cm³/mol. The number of aromatic nitrogens is 2. The van der Waals surface area contributed by atoms with Gasteiger partial charge in [-0.05, 0) is 38.1 Å². The standard InChI is InChI=1S/C17H20ClN5O3/c1-3-22(10-15-19-11(2)21-26-15)17(25)20-13-8-16(24)23(9-13)14-6-4-12(18)5-7-14/h4-7,13H,3,8-10H2,1-2H3,(H,20,25)/t13-/m1/s1. The molecule has 138 valence electrons. The summed E-state index contributed by atoms with van der Waals surface area (Å²) in [4.78, 5) is 32.1. The largest absolute Gasteiger partial charge is 0.337 e. The molecule has 9 heteroatoms. The molecule has 0 spiro atoms. The van der Waals surface area contributed by atoms with Crippen LogP contribution in [0.1, 0.15) is 25.1 Å². The van der Waals surface area contributed by atoms with Gasteiger partial charge >= 0.3 is 6.03 Å². The quantitative estimate of drug-likeness (QED) is 0.863. The number of carbonyl (C=O) groups excluding carboxylic acids is 2. The van der Waals surface area contributed by atoms with Crippen molar-refractivity contribution in [1.82, 2.24) is 20.4 Å². The van der Waals surface area contributed by atoms with Crippen LogP contribution in [0, 0.1) is 6.92 Å². The minimum Gasteiger partial charge on any atom is -0.337 e. The van der Waals surface area contributed by atoms with Gasteiger partial charge in [-0.25, -0.2) is 4.79 Å². The van der Waals surface area contributed by atoms with Crippen LogP contribution in [0.15, 0.2) is 28.8 Å². The van der Waals surface area contributed by atoms with E-state index in [1.54, 1.807) is 41.0 Å². The van der Waals surface area contributed by atoms with E-state index in [1.165, 1.54) is 0 Å². The lowest BCUT2D eigenvalue weighted by Gasteiger charge is -2.22. The van der Waals surface area contributed by atoms with Gasteiger partial charge in [0.15, 0.2) is 5.82 Å². The van der Waals surface area contributed by atoms with Crippen LogP contribution in [0.25, 0.3) is 0 Å². The van der Waals surface area contributed by atoms with Crippen molar-refractivity contribution in [3.05, 3.63) is 41.0 Å². The molecule has 1 aliphatic rings. The van der Waals surface area contributed by atoms with Crippen LogP contribution in [0.3, 0.4) is 0 Å². The second kappa shape index (κ2) is 7.74. The monoisotopic (exact) mass is 377 g/mol. The molecule has 1 saturated heterocycles. The van der Waals surface area contributed by atoms with Crippen molar-refractivity contribution in [2.75, 3.05) is 18.0 Å². The number of benzene rings is 1. The Morgan fingerprint density at radius 2 is 2.15 bits per heavy atom. The van der Waals surface area contributed by atoms with Crippen LogP contribution >= 0.6 is 11.6 Å². The van der Waals surface area contributed by atoms with E-state index in [-0.39, 0.29) is 30.9 Å². The second-order valence-electron chi connectivity index (χ2n) is 6.08. The van der Waals surface area contributed by atoms with E-state index in [9.17, 15) is 9.59 Å². The summed E-state index contributed by atoms with van der Waals surface area (Å²) in [5.41, 5.74) is 0.768. The number of amides is 3. The van der Waals surface area contributed by atoms with Crippen molar-refractivity contribution in [3.63, 3.8) is 0 Å². The summed E-state index contributed by atoms with van der Waals surface area (Å²) in [6.45, 7) is 4.71. The van der Waals surface area contributed by atoms with Crippen LogP contribution in [0.5, 0.6) is 0 Å². The summed E-state index contributed by atoms with van der Waals surface area (Å²) in [5.74, 6) is 0.870. The van der Waals surface area contributed by atoms with Crippen LogP contribution in [-0.2, 0) is 11.3 Å². The lowest BCUT2D eigenvalue weighted by atomic mass is 10.2. The van der Waals surface area contributed by atoms with Crippen molar-refractivity contribution in [1.29, 1.82) is 0 Å². The summed E-state index contributed by atoms with van der Waals surface area (Å²) >= 11 is 5.89. The van der Waals surface area contributed by atoms with Crippen LogP contribution in [0.2, 0.25) is 5.02 Å². The first-order valence-electron chi connectivity index (χ1n) is 8.37. The highest BCUT2D eigenvalue weighted by atomic mass is 35.5. The van der Waals surface area contributed by atoms with Gasteiger partial charge in [0.25, 0.3) is 0 Å². The minimum atomic E-state index is -0.265. The van der Waals surface area contributed by atoms with Gasteiger partial charge in [0.05, 0.1) is 6.04 Å². The highest BCUT2D eigenvalue weighted by molar-refractivity contribution is 6.30. The maximum absolute atomic E-state index is 12.5. The van der Waals surface area contributed by atoms with Gasteiger partial charge in [0.1, 0.15) is 6.54 Å². The highest BCUT2D eigenvalue weighted by Gasteiger charge is 2.32. The molecular formula is C17H20ClN5O3. The van der Waals surface area contributed by atoms with E-state index >= 15 is 0 Å². The summed E-state index contributed by atoms with van der Waals surface area (Å²) in [6, 6.07) is 6.53. The Kier molecular flexibility index (Phi) is 5.41. The molecule has 0 bridgehead atoms. The molecule has 1 atom stereocenters. The lowest BCUT2D eigenvalue weighted by Crippen LogP contribution is -2.45. The third kappa shape index (κ3) is 4.13. The summed E-state index contributed by atoms with van der Waals surface area (Å²) < 4.78 is 5.06. The molecule has 0 aliphatic carbocycles. The van der Waals surface area contributed by atoms with Gasteiger partial charge in [0, 0.05) is 30.2 Å². The van der Waals surface area contributed by atoms with E-state index in [1.807, 2.05) is 6.92 Å². The number of nitrogens with one attached hydrogen (secondary N) is 1. The zero-order valence-corrected chi connectivity index (χ0v) is 15.4. The highest BCUT2D eigenvalue weighted by Crippen LogP contribution is 2.23. The molecular weight excluding hydrogens is 358 g/mol. The lowest BCUT2D eigenvalue weighted by molar-refractivity contribution is -0.117. The molecule has 8 nitrogen and oxygen atoms in total. The Balaban J connectivity index is 1.60. The molecule has 1 N–H and O–H groups in total. The van der Waals surface area contributed by atoms with E-state index < -0.39 is 0 Å². The molecule has 0 radical (unpaired) electrons. The number of anilines is 1. The van der Waals surface area contributed by atoms with Crippen molar-refractivity contribution in [3.8, 4) is 0 Å². The number of rotatable bonds is 5. The number of nitrogens with zero attached hydrogens (tertiary/aromatic N) is 4. The van der Waals surface area contributed by atoms with Gasteiger partial charge in [-0.15, -0.1) is 0 Å². The first-order valence-corrected chi connectivity index (χ1v) is 8.74. The van der Waals surface area contributed by atoms with E-state index in [0.717, 1.165) is 5.69 Å². The van der Waals surface area contributed by atoms with Crippen molar-refractivity contribution in [2.24, 2.45) is 0 Å². The second-order valence-corrected chi connectivity index (χ2v) is 6.52. The average Bonchev–Trinajstić information content (AvgIpc) is 3.18. The summed E-state index contributed by atoms with van der Waals surface area (Å²) in [5, 5.41) is 7.24. The fourth-order valence-electron chi connectivity index (χ4n) is 2.84. The summed E-state index contributed by atoms with van der Waals surface area (Å²) in [7, 11) is 0. The molecule has 1 aromatic heterocycles. The van der Waals surface area contributed by atoms with Crippen LogP contribution in [0.4, 0.5) is 10.5 Å². The molecule has 1 aliphatic heterocycles. The molecule has 2 aromatic rings. The maximum atomic E-state index is 12.5. The van der Waals surface area contributed by atoms with E-state index in [2.05, 4.69) is 15.5 Å². The number of urea groups is 1. The smallest absolute Gasteiger partial charge is 0.318 e.